The Kier molecular flexibility index (Phi) is 7.49. The molecule has 2 bridgehead atoms. The maximum absolute atomic E-state index is 12.8. The Bertz CT molecular complexity index is 893. The number of hydrazine groups is 1. The number of nitrogens with zero attached hydrogens (tertiary/aromatic N) is 1. The Hall–Kier alpha value is -1.97. The molecule has 1 amide bonds. The molecule has 0 unspecified atom stereocenters. The van der Waals surface area contributed by atoms with E-state index in [0.717, 1.165) is 25.7 Å². The Morgan fingerprint density at radius 2 is 1.73 bits per heavy atom. The molecular formula is C21H30N4O3S2. The van der Waals surface area contributed by atoms with Crippen LogP contribution in [0, 0.1) is 11.8 Å². The van der Waals surface area contributed by atoms with Crippen LogP contribution in [0.15, 0.2) is 41.3 Å². The van der Waals surface area contributed by atoms with E-state index in [1.54, 1.807) is 0 Å². The van der Waals surface area contributed by atoms with Gasteiger partial charge in [0, 0.05) is 24.7 Å². The van der Waals surface area contributed by atoms with Crippen molar-refractivity contribution in [2.75, 3.05) is 13.1 Å². The molecule has 0 radical (unpaired) electrons. The van der Waals surface area contributed by atoms with Crippen LogP contribution in [0.2, 0.25) is 0 Å². The van der Waals surface area contributed by atoms with Crippen LogP contribution in [0.4, 0.5) is 0 Å². The van der Waals surface area contributed by atoms with Crippen molar-refractivity contribution < 1.29 is 13.2 Å². The van der Waals surface area contributed by atoms with E-state index >= 15 is 0 Å². The monoisotopic (exact) mass is 450 g/mol. The lowest BCUT2D eigenvalue weighted by Crippen LogP contribution is -2.50. The maximum atomic E-state index is 12.8. The Morgan fingerprint density at radius 1 is 1.07 bits per heavy atom. The predicted octanol–water partition coefficient (Wildman–Crippen LogP) is 2.57. The van der Waals surface area contributed by atoms with Crippen molar-refractivity contribution in [3.05, 3.63) is 42.0 Å². The summed E-state index contributed by atoms with van der Waals surface area (Å²) in [7, 11) is -3.56. The Balaban J connectivity index is 1.54. The van der Waals surface area contributed by atoms with Gasteiger partial charge in [-0.05, 0) is 74.0 Å². The number of rotatable bonds is 8. The molecule has 1 aromatic carbocycles. The summed E-state index contributed by atoms with van der Waals surface area (Å²) in [4.78, 5) is 12.6. The van der Waals surface area contributed by atoms with Gasteiger partial charge in [0.05, 0.1) is 4.90 Å². The van der Waals surface area contributed by atoms with Crippen LogP contribution in [-0.4, -0.2) is 42.9 Å². The van der Waals surface area contributed by atoms with Gasteiger partial charge in [-0.3, -0.25) is 15.6 Å². The van der Waals surface area contributed by atoms with Crippen molar-refractivity contribution >= 4 is 33.3 Å². The van der Waals surface area contributed by atoms with Gasteiger partial charge in [-0.15, -0.1) is 0 Å². The molecule has 1 aromatic rings. The topological polar surface area (TPSA) is 90.5 Å². The fourth-order valence-corrected chi connectivity index (χ4v) is 5.94. The number of fused-ring (bicyclic) bond motifs is 2. The van der Waals surface area contributed by atoms with Gasteiger partial charge in [-0.25, -0.2) is 8.42 Å². The molecule has 1 saturated carbocycles. The van der Waals surface area contributed by atoms with E-state index in [1.165, 1.54) is 28.6 Å². The molecule has 1 fully saturated rings. The van der Waals surface area contributed by atoms with Gasteiger partial charge < -0.3 is 5.32 Å². The van der Waals surface area contributed by atoms with Gasteiger partial charge >= 0.3 is 0 Å². The van der Waals surface area contributed by atoms with Gasteiger partial charge in [0.2, 0.25) is 10.0 Å². The van der Waals surface area contributed by atoms with E-state index < -0.39 is 10.0 Å². The molecule has 2 aliphatic rings. The zero-order valence-electron chi connectivity index (χ0n) is 17.4. The highest BCUT2D eigenvalue weighted by molar-refractivity contribution is 7.89. The molecule has 3 N–H and O–H groups in total. The Morgan fingerprint density at radius 3 is 2.27 bits per heavy atom. The maximum Gasteiger partial charge on any atom is 0.269 e. The normalized spacial score (nSPS) is 22.3. The van der Waals surface area contributed by atoms with Crippen LogP contribution in [0.1, 0.15) is 49.9 Å². The number of allylic oxidation sites excluding steroid dienone is 1. The van der Waals surface area contributed by atoms with Crippen molar-refractivity contribution in [1.82, 2.24) is 20.5 Å². The SMILES string of the molecule is CCCN(CCC)S(=O)(=O)c1ccc(C(=O)NNC(=S)N[C@@H]2C[C@H]3C=C[C@H]2C3)cc1. The first-order chi connectivity index (χ1) is 14.3. The quantitative estimate of drug-likeness (QED) is 0.320. The second-order valence-electron chi connectivity index (χ2n) is 7.87. The molecule has 0 aromatic heterocycles. The summed E-state index contributed by atoms with van der Waals surface area (Å²) < 4.78 is 27.1. The number of carbonyl (C=O) groups excluding carboxylic acids is 1. The van der Waals surface area contributed by atoms with Crippen molar-refractivity contribution in [3.8, 4) is 0 Å². The van der Waals surface area contributed by atoms with E-state index in [0.29, 0.717) is 41.6 Å². The van der Waals surface area contributed by atoms with Crippen molar-refractivity contribution in [2.24, 2.45) is 11.8 Å². The third-order valence-corrected chi connectivity index (χ3v) is 7.72. The predicted molar refractivity (Wildman–Crippen MR) is 121 cm³/mol. The molecule has 0 spiro atoms. The van der Waals surface area contributed by atoms with Crippen LogP contribution < -0.4 is 16.2 Å². The van der Waals surface area contributed by atoms with E-state index in [2.05, 4.69) is 28.3 Å². The molecule has 30 heavy (non-hydrogen) atoms. The molecule has 0 aliphatic heterocycles. The molecule has 7 nitrogen and oxygen atoms in total. The highest BCUT2D eigenvalue weighted by Gasteiger charge is 2.35. The first kappa shape index (κ1) is 22.7. The van der Waals surface area contributed by atoms with Crippen molar-refractivity contribution in [3.63, 3.8) is 0 Å². The van der Waals surface area contributed by atoms with Crippen molar-refractivity contribution in [1.29, 1.82) is 0 Å². The van der Waals surface area contributed by atoms with Crippen LogP contribution in [0.25, 0.3) is 0 Å². The third kappa shape index (κ3) is 5.19. The van der Waals surface area contributed by atoms with Crippen LogP contribution in [0.3, 0.4) is 0 Å². The molecule has 9 heteroatoms. The molecule has 2 aliphatic carbocycles. The minimum Gasteiger partial charge on any atom is -0.358 e. The largest absolute Gasteiger partial charge is 0.358 e. The number of nitrogens with one attached hydrogen (secondary N) is 3. The average Bonchev–Trinajstić information content (AvgIpc) is 3.35. The highest BCUT2D eigenvalue weighted by atomic mass is 32.2. The number of carbonyl (C=O) groups is 1. The molecular weight excluding hydrogens is 420 g/mol. The summed E-state index contributed by atoms with van der Waals surface area (Å²) in [6, 6.07) is 6.27. The summed E-state index contributed by atoms with van der Waals surface area (Å²) in [6.07, 6.45) is 8.20. The molecule has 3 rings (SSSR count). The summed E-state index contributed by atoms with van der Waals surface area (Å²) in [6.45, 7) is 4.86. The van der Waals surface area contributed by atoms with Crippen molar-refractivity contribution in [2.45, 2.75) is 50.5 Å². The number of amides is 1. The van der Waals surface area contributed by atoms with Gasteiger partial charge in [-0.1, -0.05) is 26.0 Å². The molecule has 3 atom stereocenters. The van der Waals surface area contributed by atoms with E-state index in [9.17, 15) is 13.2 Å². The highest BCUT2D eigenvalue weighted by Crippen LogP contribution is 2.38. The van der Waals surface area contributed by atoms with E-state index in [4.69, 9.17) is 12.2 Å². The molecule has 0 heterocycles. The first-order valence-electron chi connectivity index (χ1n) is 10.5. The van der Waals surface area contributed by atoms with Gasteiger partial charge in [-0.2, -0.15) is 4.31 Å². The first-order valence-corrected chi connectivity index (χ1v) is 12.3. The zero-order valence-corrected chi connectivity index (χ0v) is 19.1. The fourth-order valence-electron chi connectivity index (χ4n) is 4.12. The van der Waals surface area contributed by atoms with Gasteiger partial charge in [0.1, 0.15) is 0 Å². The summed E-state index contributed by atoms with van der Waals surface area (Å²) in [5.74, 6) is 0.750. The fraction of sp³-hybridized carbons (Fsp3) is 0.524. The minimum absolute atomic E-state index is 0.190. The number of thiocarbonyl (C=S) groups is 1. The van der Waals surface area contributed by atoms with Gasteiger partial charge in [0.25, 0.3) is 5.91 Å². The second kappa shape index (κ2) is 9.89. The summed E-state index contributed by atoms with van der Waals surface area (Å²) in [5.41, 5.74) is 5.65. The molecule has 0 saturated heterocycles. The lowest BCUT2D eigenvalue weighted by molar-refractivity contribution is 0.0943. The smallest absolute Gasteiger partial charge is 0.269 e. The Labute approximate surface area is 184 Å². The third-order valence-electron chi connectivity index (χ3n) is 5.59. The van der Waals surface area contributed by atoms with Crippen LogP contribution >= 0.6 is 12.2 Å². The second-order valence-corrected chi connectivity index (χ2v) is 10.2. The average molecular weight is 451 g/mol. The van der Waals surface area contributed by atoms with Crippen LogP contribution in [0.5, 0.6) is 0 Å². The molecule has 164 valence electrons. The minimum atomic E-state index is -3.56. The van der Waals surface area contributed by atoms with Gasteiger partial charge in [0.15, 0.2) is 5.11 Å². The number of sulfonamides is 1. The number of benzene rings is 1. The summed E-state index contributed by atoms with van der Waals surface area (Å²) in [5, 5.41) is 3.63. The standard InChI is InChI=1S/C21H30N4O3S2/c1-3-11-25(12-4-2)30(27,28)18-9-7-16(8-10-18)20(26)23-24-21(29)22-19-14-15-5-6-17(19)13-15/h5-10,15,17,19H,3-4,11-14H2,1-2H3,(H,23,26)(H2,22,24,29)/t15-,17-,19+/m0/s1. The lowest BCUT2D eigenvalue weighted by Gasteiger charge is -2.22. The van der Waals surface area contributed by atoms with E-state index in [-0.39, 0.29) is 10.8 Å². The number of hydrogen-bond acceptors (Lipinski definition) is 4. The zero-order chi connectivity index (χ0) is 21.7. The van der Waals surface area contributed by atoms with E-state index in [1.807, 2.05) is 13.8 Å². The lowest BCUT2D eigenvalue weighted by atomic mass is 10.0. The van der Waals surface area contributed by atoms with Crippen LogP contribution in [-0.2, 0) is 10.0 Å². The number of hydrogen-bond donors (Lipinski definition) is 3. The summed E-state index contributed by atoms with van der Waals surface area (Å²) >= 11 is 5.28.